The predicted octanol–water partition coefficient (Wildman–Crippen LogP) is 4.59. The number of rotatable bonds is 5. The number of aryl methyl sites for hydroxylation is 1. The molecule has 7 heteroatoms. The number of pyridine rings is 1. The van der Waals surface area contributed by atoms with Crippen molar-refractivity contribution in [2.45, 2.75) is 38.3 Å². The summed E-state index contributed by atoms with van der Waals surface area (Å²) in [5, 5.41) is 2.90. The molecule has 0 unspecified atom stereocenters. The lowest BCUT2D eigenvalue weighted by molar-refractivity contribution is -0.111. The Kier molecular flexibility index (Phi) is 5.11. The van der Waals surface area contributed by atoms with E-state index in [9.17, 15) is 9.18 Å². The summed E-state index contributed by atoms with van der Waals surface area (Å²) in [7, 11) is 0. The molecule has 1 amide bonds. The highest BCUT2D eigenvalue weighted by Crippen LogP contribution is 2.47. The van der Waals surface area contributed by atoms with Crippen LogP contribution in [0.1, 0.15) is 42.8 Å². The van der Waals surface area contributed by atoms with Crippen LogP contribution in [0.2, 0.25) is 0 Å². The quantitative estimate of drug-likeness (QED) is 0.605. The van der Waals surface area contributed by atoms with Crippen LogP contribution in [0.5, 0.6) is 0 Å². The number of nitrogens with two attached hydrogens (primary N) is 1. The zero-order chi connectivity index (χ0) is 21.3. The molecule has 0 bridgehead atoms. The van der Waals surface area contributed by atoms with E-state index in [1.807, 2.05) is 25.1 Å². The SMILES string of the molecule is Cc1ccc(-c2coc(C3CC(C)(F)C3)n2)cc1NC(=O)/C(=C/N)c1ccccn1. The second-order valence-electron chi connectivity index (χ2n) is 7.87. The largest absolute Gasteiger partial charge is 0.448 e. The fourth-order valence-electron chi connectivity index (χ4n) is 3.66. The molecule has 30 heavy (non-hydrogen) atoms. The molecule has 0 radical (unpaired) electrons. The summed E-state index contributed by atoms with van der Waals surface area (Å²) in [4.78, 5) is 21.5. The van der Waals surface area contributed by atoms with E-state index in [4.69, 9.17) is 10.2 Å². The summed E-state index contributed by atoms with van der Waals surface area (Å²) in [6.07, 6.45) is 5.26. The van der Waals surface area contributed by atoms with Gasteiger partial charge in [-0.3, -0.25) is 9.78 Å². The van der Waals surface area contributed by atoms with E-state index < -0.39 is 5.67 Å². The van der Waals surface area contributed by atoms with E-state index in [1.54, 1.807) is 37.6 Å². The van der Waals surface area contributed by atoms with Gasteiger partial charge in [0.1, 0.15) is 17.6 Å². The van der Waals surface area contributed by atoms with Gasteiger partial charge in [-0.05, 0) is 50.5 Å². The van der Waals surface area contributed by atoms with E-state index in [0.717, 1.165) is 11.1 Å². The Morgan fingerprint density at radius 2 is 2.13 bits per heavy atom. The minimum absolute atomic E-state index is 0.00833. The van der Waals surface area contributed by atoms with Gasteiger partial charge < -0.3 is 15.5 Å². The number of nitrogens with zero attached hydrogens (tertiary/aromatic N) is 2. The Morgan fingerprint density at radius 1 is 1.33 bits per heavy atom. The van der Waals surface area contributed by atoms with Crippen LogP contribution in [-0.2, 0) is 4.79 Å². The number of benzene rings is 1. The number of halogens is 1. The zero-order valence-electron chi connectivity index (χ0n) is 16.9. The second-order valence-corrected chi connectivity index (χ2v) is 7.87. The molecule has 2 aromatic heterocycles. The molecule has 6 nitrogen and oxygen atoms in total. The van der Waals surface area contributed by atoms with Gasteiger partial charge in [-0.15, -0.1) is 0 Å². The van der Waals surface area contributed by atoms with Crippen molar-refractivity contribution >= 4 is 17.2 Å². The third kappa shape index (κ3) is 3.96. The molecule has 1 aliphatic carbocycles. The molecule has 0 aliphatic heterocycles. The van der Waals surface area contributed by atoms with Crippen molar-refractivity contribution in [3.05, 3.63) is 72.2 Å². The first-order valence-electron chi connectivity index (χ1n) is 9.76. The molecule has 4 rings (SSSR count). The first kappa shape index (κ1) is 19.8. The minimum atomic E-state index is -1.14. The number of nitrogens with one attached hydrogen (secondary N) is 1. The minimum Gasteiger partial charge on any atom is -0.448 e. The van der Waals surface area contributed by atoms with E-state index >= 15 is 0 Å². The van der Waals surface area contributed by atoms with Crippen molar-refractivity contribution in [3.8, 4) is 11.3 Å². The van der Waals surface area contributed by atoms with Crippen LogP contribution in [0, 0.1) is 6.92 Å². The van der Waals surface area contributed by atoms with Crippen LogP contribution in [-0.4, -0.2) is 21.5 Å². The van der Waals surface area contributed by atoms with Gasteiger partial charge in [0, 0.05) is 29.6 Å². The Bertz CT molecular complexity index is 1100. The molecule has 1 aliphatic rings. The normalized spacial score (nSPS) is 21.2. The summed E-state index contributed by atoms with van der Waals surface area (Å²) in [6, 6.07) is 10.9. The molecular formula is C23H23FN4O2. The van der Waals surface area contributed by atoms with Gasteiger partial charge in [0.2, 0.25) is 0 Å². The lowest BCUT2D eigenvalue weighted by Crippen LogP contribution is -2.35. The Morgan fingerprint density at radius 3 is 2.80 bits per heavy atom. The molecule has 0 spiro atoms. The lowest BCUT2D eigenvalue weighted by atomic mass is 9.73. The first-order chi connectivity index (χ1) is 14.4. The summed E-state index contributed by atoms with van der Waals surface area (Å²) in [5.74, 6) is 0.206. The number of oxazole rings is 1. The highest BCUT2D eigenvalue weighted by Gasteiger charge is 2.43. The van der Waals surface area contributed by atoms with E-state index in [-0.39, 0.29) is 17.4 Å². The molecule has 0 atom stereocenters. The van der Waals surface area contributed by atoms with Crippen molar-refractivity contribution in [2.24, 2.45) is 5.73 Å². The zero-order valence-corrected chi connectivity index (χ0v) is 16.9. The van der Waals surface area contributed by atoms with Crippen LogP contribution in [0.25, 0.3) is 16.8 Å². The van der Waals surface area contributed by atoms with Crippen LogP contribution < -0.4 is 11.1 Å². The summed E-state index contributed by atoms with van der Waals surface area (Å²) < 4.78 is 19.4. The third-order valence-electron chi connectivity index (χ3n) is 5.35. The molecule has 2 heterocycles. The molecule has 1 fully saturated rings. The molecule has 3 aromatic rings. The van der Waals surface area contributed by atoms with Crippen LogP contribution in [0.3, 0.4) is 0 Å². The Balaban J connectivity index is 1.54. The number of alkyl halides is 1. The van der Waals surface area contributed by atoms with Crippen molar-refractivity contribution < 1.29 is 13.6 Å². The summed E-state index contributed by atoms with van der Waals surface area (Å²) in [6.45, 7) is 3.49. The average Bonchev–Trinajstić information content (AvgIpc) is 3.19. The highest BCUT2D eigenvalue weighted by atomic mass is 19.1. The van der Waals surface area contributed by atoms with Crippen molar-refractivity contribution in [3.63, 3.8) is 0 Å². The molecule has 154 valence electrons. The van der Waals surface area contributed by atoms with Gasteiger partial charge in [-0.1, -0.05) is 18.2 Å². The van der Waals surface area contributed by atoms with Gasteiger partial charge in [-0.25, -0.2) is 9.37 Å². The number of amides is 1. The number of hydrogen-bond acceptors (Lipinski definition) is 5. The third-order valence-corrected chi connectivity index (χ3v) is 5.35. The maximum atomic E-state index is 13.8. The monoisotopic (exact) mass is 406 g/mol. The Labute approximate surface area is 174 Å². The maximum Gasteiger partial charge on any atom is 0.259 e. The fraction of sp³-hybridized carbons (Fsp3) is 0.261. The topological polar surface area (TPSA) is 94.0 Å². The standard InChI is InChI=1S/C23H23FN4O2/c1-14-6-7-15(20-13-30-22(28-20)16-10-23(2,24)11-16)9-19(14)27-21(29)17(12-25)18-5-3-4-8-26-18/h3-9,12-13,16H,10-11,25H2,1-2H3,(H,27,29)/b17-12+. The van der Waals surface area contributed by atoms with E-state index in [1.165, 1.54) is 6.20 Å². The molecule has 1 aromatic carbocycles. The molecule has 0 saturated heterocycles. The van der Waals surface area contributed by atoms with Gasteiger partial charge in [-0.2, -0.15) is 0 Å². The molecule has 1 saturated carbocycles. The lowest BCUT2D eigenvalue weighted by Gasteiger charge is -2.36. The summed E-state index contributed by atoms with van der Waals surface area (Å²) in [5.41, 5.74) is 8.28. The van der Waals surface area contributed by atoms with Gasteiger partial charge >= 0.3 is 0 Å². The van der Waals surface area contributed by atoms with Crippen molar-refractivity contribution in [1.82, 2.24) is 9.97 Å². The van der Waals surface area contributed by atoms with Crippen LogP contribution in [0.4, 0.5) is 10.1 Å². The van der Waals surface area contributed by atoms with E-state index in [0.29, 0.717) is 35.8 Å². The van der Waals surface area contributed by atoms with Crippen LogP contribution in [0.15, 0.2) is 59.5 Å². The molecular weight excluding hydrogens is 383 g/mol. The van der Waals surface area contributed by atoms with Crippen LogP contribution >= 0.6 is 0 Å². The highest BCUT2D eigenvalue weighted by molar-refractivity contribution is 6.24. The average molecular weight is 406 g/mol. The summed E-state index contributed by atoms with van der Waals surface area (Å²) >= 11 is 0. The van der Waals surface area contributed by atoms with Gasteiger partial charge in [0.25, 0.3) is 5.91 Å². The number of carbonyl (C=O) groups excluding carboxylic acids is 1. The number of carbonyl (C=O) groups is 1. The van der Waals surface area contributed by atoms with Crippen molar-refractivity contribution in [1.29, 1.82) is 0 Å². The fourth-order valence-corrected chi connectivity index (χ4v) is 3.66. The second kappa shape index (κ2) is 7.74. The number of aromatic nitrogens is 2. The predicted molar refractivity (Wildman–Crippen MR) is 113 cm³/mol. The molecule has 3 N–H and O–H groups in total. The number of anilines is 1. The first-order valence-corrected chi connectivity index (χ1v) is 9.76. The smallest absolute Gasteiger partial charge is 0.259 e. The van der Waals surface area contributed by atoms with Crippen molar-refractivity contribution in [2.75, 3.05) is 5.32 Å². The van der Waals surface area contributed by atoms with E-state index in [2.05, 4.69) is 15.3 Å². The Hall–Kier alpha value is -3.48. The number of hydrogen-bond donors (Lipinski definition) is 2. The van der Waals surface area contributed by atoms with Gasteiger partial charge in [0.15, 0.2) is 5.89 Å². The van der Waals surface area contributed by atoms with Gasteiger partial charge in [0.05, 0.1) is 11.3 Å². The maximum absolute atomic E-state index is 13.8.